The highest BCUT2D eigenvalue weighted by atomic mass is 35.5. The molecule has 1 unspecified atom stereocenters. The van der Waals surface area contributed by atoms with E-state index in [9.17, 15) is 13.2 Å². The number of hydrogen-bond donors (Lipinski definition) is 0. The van der Waals surface area contributed by atoms with Crippen molar-refractivity contribution in [2.45, 2.75) is 37.3 Å². The Morgan fingerprint density at radius 3 is 2.69 bits per heavy atom. The number of hydrogen-bond acceptors (Lipinski definition) is 6. The molecule has 1 fully saturated rings. The van der Waals surface area contributed by atoms with Gasteiger partial charge in [0.1, 0.15) is 0 Å². The van der Waals surface area contributed by atoms with Gasteiger partial charge in [0.05, 0.1) is 32.8 Å². The standard InChI is InChI=1S/C24H27Cl2N3O5S2/c1-3-33-12-10-29-22-20(26)13-17(25)14-21(22)35-24(29)27-23(30)16-6-8-19(9-7-16)36(31,32)28(2)15-18-5-4-11-34-18/h6-9,13-14,18H,3-5,10-12,15H2,1-2H3. The van der Waals surface area contributed by atoms with Crippen LogP contribution in [0.15, 0.2) is 46.3 Å². The van der Waals surface area contributed by atoms with Gasteiger partial charge in [0.15, 0.2) is 4.80 Å². The van der Waals surface area contributed by atoms with Crippen molar-refractivity contribution in [1.29, 1.82) is 0 Å². The number of halogens is 2. The van der Waals surface area contributed by atoms with Crippen LogP contribution in [0.3, 0.4) is 0 Å². The Kier molecular flexibility index (Phi) is 8.87. The second-order valence-corrected chi connectivity index (χ2v) is 12.2. The number of thiazole rings is 1. The maximum atomic E-state index is 13.0. The number of fused-ring (bicyclic) bond motifs is 1. The molecule has 3 aromatic rings. The molecule has 0 N–H and O–H groups in total. The summed E-state index contributed by atoms with van der Waals surface area (Å²) in [6, 6.07) is 9.22. The number of aromatic nitrogens is 1. The molecule has 194 valence electrons. The van der Waals surface area contributed by atoms with Gasteiger partial charge in [0.25, 0.3) is 5.91 Å². The Labute approximate surface area is 224 Å². The van der Waals surface area contributed by atoms with Crippen LogP contribution in [0.2, 0.25) is 10.0 Å². The molecule has 1 aromatic heterocycles. The molecule has 0 saturated carbocycles. The monoisotopic (exact) mass is 571 g/mol. The zero-order valence-corrected chi connectivity index (χ0v) is 23.1. The van der Waals surface area contributed by atoms with Gasteiger partial charge in [-0.2, -0.15) is 9.30 Å². The minimum atomic E-state index is -3.71. The van der Waals surface area contributed by atoms with Crippen LogP contribution in [0.1, 0.15) is 30.1 Å². The summed E-state index contributed by atoms with van der Waals surface area (Å²) >= 11 is 13.9. The first-order chi connectivity index (χ1) is 17.2. The number of sulfonamides is 1. The van der Waals surface area contributed by atoms with E-state index in [2.05, 4.69) is 4.99 Å². The van der Waals surface area contributed by atoms with Crippen LogP contribution < -0.4 is 4.80 Å². The van der Waals surface area contributed by atoms with Crippen molar-refractivity contribution >= 4 is 60.7 Å². The van der Waals surface area contributed by atoms with Crippen LogP contribution in [0, 0.1) is 0 Å². The Balaban J connectivity index is 1.61. The van der Waals surface area contributed by atoms with Gasteiger partial charge in [-0.05, 0) is 56.2 Å². The summed E-state index contributed by atoms with van der Waals surface area (Å²) in [5.41, 5.74) is 1.00. The lowest BCUT2D eigenvalue weighted by Gasteiger charge is -2.20. The molecule has 0 radical (unpaired) electrons. The van der Waals surface area contributed by atoms with Crippen molar-refractivity contribution in [1.82, 2.24) is 8.87 Å². The third-order valence-electron chi connectivity index (χ3n) is 5.85. The number of benzene rings is 2. The summed E-state index contributed by atoms with van der Waals surface area (Å²) in [5, 5.41) is 0.950. The largest absolute Gasteiger partial charge is 0.380 e. The first-order valence-electron chi connectivity index (χ1n) is 11.5. The highest BCUT2D eigenvalue weighted by molar-refractivity contribution is 7.89. The normalized spacial score (nSPS) is 16.9. The summed E-state index contributed by atoms with van der Waals surface area (Å²) in [6.45, 7) is 4.29. The van der Waals surface area contributed by atoms with Gasteiger partial charge in [-0.1, -0.05) is 34.5 Å². The van der Waals surface area contributed by atoms with Crippen LogP contribution in [0.25, 0.3) is 10.2 Å². The lowest BCUT2D eigenvalue weighted by atomic mass is 10.2. The van der Waals surface area contributed by atoms with Crippen molar-refractivity contribution in [3.63, 3.8) is 0 Å². The average molecular weight is 573 g/mol. The van der Waals surface area contributed by atoms with Crippen molar-refractivity contribution in [2.75, 3.05) is 33.4 Å². The minimum absolute atomic E-state index is 0.0939. The fraction of sp³-hybridized carbons (Fsp3) is 0.417. The Morgan fingerprint density at radius 2 is 2.03 bits per heavy atom. The van der Waals surface area contributed by atoms with Gasteiger partial charge in [-0.15, -0.1) is 0 Å². The number of carbonyl (C=O) groups excluding carboxylic acids is 1. The Hall–Kier alpha value is -1.79. The van der Waals surface area contributed by atoms with Crippen LogP contribution in [-0.2, 0) is 26.0 Å². The second-order valence-electron chi connectivity index (χ2n) is 8.33. The van der Waals surface area contributed by atoms with E-state index >= 15 is 0 Å². The highest BCUT2D eigenvalue weighted by Crippen LogP contribution is 2.30. The Morgan fingerprint density at radius 1 is 1.28 bits per heavy atom. The molecule has 12 heteroatoms. The van der Waals surface area contributed by atoms with E-state index in [4.69, 9.17) is 32.7 Å². The molecule has 0 spiro atoms. The van der Waals surface area contributed by atoms with Gasteiger partial charge >= 0.3 is 0 Å². The summed E-state index contributed by atoms with van der Waals surface area (Å²) in [6.07, 6.45) is 1.68. The molecule has 0 aliphatic carbocycles. The smallest absolute Gasteiger partial charge is 0.279 e. The summed E-state index contributed by atoms with van der Waals surface area (Å²) < 4.78 is 40.9. The van der Waals surface area contributed by atoms with Crippen LogP contribution in [-0.4, -0.2) is 62.7 Å². The molecule has 1 atom stereocenters. The molecule has 36 heavy (non-hydrogen) atoms. The number of carbonyl (C=O) groups is 1. The van der Waals surface area contributed by atoms with Crippen molar-refractivity contribution < 1.29 is 22.7 Å². The van der Waals surface area contributed by atoms with Crippen LogP contribution >= 0.6 is 34.5 Å². The van der Waals surface area contributed by atoms with Gasteiger partial charge in [0, 0.05) is 43.9 Å². The molecule has 1 amide bonds. The van der Waals surface area contributed by atoms with E-state index < -0.39 is 15.9 Å². The maximum absolute atomic E-state index is 13.0. The van der Waals surface area contributed by atoms with Crippen molar-refractivity contribution in [3.8, 4) is 0 Å². The molecule has 1 aliphatic rings. The summed E-state index contributed by atoms with van der Waals surface area (Å²) in [4.78, 5) is 17.9. The van der Waals surface area contributed by atoms with Crippen molar-refractivity contribution in [2.24, 2.45) is 4.99 Å². The van der Waals surface area contributed by atoms with Gasteiger partial charge in [0.2, 0.25) is 10.0 Å². The van der Waals surface area contributed by atoms with Crippen LogP contribution in [0.5, 0.6) is 0 Å². The zero-order valence-electron chi connectivity index (χ0n) is 19.9. The molecule has 4 rings (SSSR count). The molecule has 0 bridgehead atoms. The van der Waals surface area contributed by atoms with Crippen LogP contribution in [0.4, 0.5) is 0 Å². The second kappa shape index (κ2) is 11.7. The predicted molar refractivity (Wildman–Crippen MR) is 141 cm³/mol. The summed E-state index contributed by atoms with van der Waals surface area (Å²) in [7, 11) is -2.17. The molecule has 8 nitrogen and oxygen atoms in total. The van der Waals surface area contributed by atoms with E-state index in [1.807, 2.05) is 11.5 Å². The van der Waals surface area contributed by atoms with E-state index in [0.717, 1.165) is 23.1 Å². The first-order valence-corrected chi connectivity index (χ1v) is 14.5. The quantitative estimate of drug-likeness (QED) is 0.350. The number of amides is 1. The number of rotatable bonds is 9. The van der Waals surface area contributed by atoms with E-state index in [1.54, 1.807) is 12.1 Å². The third-order valence-corrected chi connectivity index (χ3v) is 9.22. The zero-order chi connectivity index (χ0) is 25.9. The fourth-order valence-corrected chi connectivity index (χ4v) is 7.04. The first kappa shape index (κ1) is 27.3. The number of nitrogens with zero attached hydrogens (tertiary/aromatic N) is 3. The van der Waals surface area contributed by atoms with E-state index in [1.165, 1.54) is 47.0 Å². The third kappa shape index (κ3) is 6.02. The SMILES string of the molecule is CCOCCn1c(=NC(=O)c2ccc(S(=O)(=O)N(C)CC3CCCO3)cc2)sc2cc(Cl)cc(Cl)c21. The molecule has 2 heterocycles. The van der Waals surface area contributed by atoms with E-state index in [0.29, 0.717) is 47.8 Å². The van der Waals surface area contributed by atoms with Gasteiger partial charge < -0.3 is 14.0 Å². The number of likely N-dealkylation sites (N-methyl/N-ethyl adjacent to an activating group) is 1. The summed E-state index contributed by atoms with van der Waals surface area (Å²) in [5.74, 6) is -0.495. The lowest BCUT2D eigenvalue weighted by Crippen LogP contribution is -2.34. The average Bonchev–Trinajstić information content (AvgIpc) is 3.47. The topological polar surface area (TPSA) is 90.2 Å². The maximum Gasteiger partial charge on any atom is 0.279 e. The number of ether oxygens (including phenoxy) is 2. The molecule has 2 aromatic carbocycles. The fourth-order valence-electron chi connectivity index (χ4n) is 4.00. The van der Waals surface area contributed by atoms with Gasteiger partial charge in [-0.25, -0.2) is 8.42 Å². The minimum Gasteiger partial charge on any atom is -0.380 e. The van der Waals surface area contributed by atoms with Gasteiger partial charge in [-0.3, -0.25) is 4.79 Å². The molecule has 1 saturated heterocycles. The highest BCUT2D eigenvalue weighted by Gasteiger charge is 2.26. The van der Waals surface area contributed by atoms with E-state index in [-0.39, 0.29) is 16.6 Å². The predicted octanol–water partition coefficient (Wildman–Crippen LogP) is 4.59. The molecular weight excluding hydrogens is 545 g/mol. The van der Waals surface area contributed by atoms with Crippen molar-refractivity contribution in [3.05, 3.63) is 56.8 Å². The Bertz CT molecular complexity index is 1410. The molecule has 1 aliphatic heterocycles. The lowest BCUT2D eigenvalue weighted by molar-refractivity contribution is 0.0979. The molecular formula is C24H27Cl2N3O5S2.